The number of hydrogen-bond acceptors (Lipinski definition) is 2. The van der Waals surface area contributed by atoms with Crippen molar-refractivity contribution in [1.29, 1.82) is 0 Å². The molecule has 3 rings (SSSR count). The topological polar surface area (TPSA) is 20.3 Å². The predicted octanol–water partition coefficient (Wildman–Crippen LogP) is 1.06. The Hall–Kier alpha value is -0.370. The molecule has 0 bridgehead atoms. The molecular weight excluding hydrogens is 150 g/mol. The van der Waals surface area contributed by atoms with Crippen molar-refractivity contribution in [2.24, 2.45) is 11.8 Å². The second kappa shape index (κ2) is 2.32. The molecule has 1 aliphatic carbocycles. The number of rotatable bonds is 0. The lowest BCUT2D eigenvalue weighted by Gasteiger charge is -2.38. The molecule has 3 aliphatic rings. The van der Waals surface area contributed by atoms with Gasteiger partial charge in [0.1, 0.15) is 5.78 Å². The standard InChI is InChI=1S/C10H15NO/c12-10-6-11-4-2-1-3-9(11)7-5-8(7)10/h7-9H,1-6H2. The maximum atomic E-state index is 11.4. The molecule has 0 N–H and O–H groups in total. The van der Waals surface area contributed by atoms with Gasteiger partial charge in [-0.1, -0.05) is 6.42 Å². The molecule has 1 saturated carbocycles. The minimum atomic E-state index is 0.490. The van der Waals surface area contributed by atoms with Crippen LogP contribution in [0.1, 0.15) is 25.7 Å². The number of ketones is 1. The van der Waals surface area contributed by atoms with Gasteiger partial charge in [0.2, 0.25) is 0 Å². The zero-order valence-corrected chi connectivity index (χ0v) is 7.33. The molecule has 66 valence electrons. The number of carbonyl (C=O) groups excluding carboxylic acids is 1. The molecule has 0 spiro atoms. The molecule has 3 fully saturated rings. The first-order valence-electron chi connectivity index (χ1n) is 5.13. The number of piperidine rings is 2. The summed E-state index contributed by atoms with van der Waals surface area (Å²) >= 11 is 0. The second-order valence-corrected chi connectivity index (χ2v) is 4.51. The van der Waals surface area contributed by atoms with E-state index in [0.717, 1.165) is 18.5 Å². The van der Waals surface area contributed by atoms with E-state index in [2.05, 4.69) is 4.90 Å². The van der Waals surface area contributed by atoms with Crippen LogP contribution in [0.2, 0.25) is 0 Å². The highest BCUT2D eigenvalue weighted by atomic mass is 16.1. The smallest absolute Gasteiger partial charge is 0.150 e. The Morgan fingerprint density at radius 3 is 3.17 bits per heavy atom. The highest BCUT2D eigenvalue weighted by Crippen LogP contribution is 2.49. The largest absolute Gasteiger partial charge is 0.298 e. The summed E-state index contributed by atoms with van der Waals surface area (Å²) in [6, 6.07) is 0.793. The van der Waals surface area contributed by atoms with Gasteiger partial charge in [-0.15, -0.1) is 0 Å². The van der Waals surface area contributed by atoms with E-state index in [1.165, 1.54) is 32.2 Å². The molecule has 0 radical (unpaired) electrons. The second-order valence-electron chi connectivity index (χ2n) is 4.51. The average molecular weight is 165 g/mol. The SMILES string of the molecule is O=C1CN2CCCCC2C2CC12. The van der Waals surface area contributed by atoms with Gasteiger partial charge in [0, 0.05) is 12.0 Å². The summed E-state index contributed by atoms with van der Waals surface area (Å²) in [5.74, 6) is 1.79. The molecule has 2 heterocycles. The Bertz CT molecular complexity index is 226. The first-order valence-corrected chi connectivity index (χ1v) is 5.13. The van der Waals surface area contributed by atoms with Crippen LogP contribution in [0.5, 0.6) is 0 Å². The maximum absolute atomic E-state index is 11.4. The minimum Gasteiger partial charge on any atom is -0.298 e. The van der Waals surface area contributed by atoms with Gasteiger partial charge < -0.3 is 0 Å². The molecule has 0 amide bonds. The van der Waals surface area contributed by atoms with Crippen LogP contribution in [-0.4, -0.2) is 29.8 Å². The van der Waals surface area contributed by atoms with Gasteiger partial charge >= 0.3 is 0 Å². The minimum absolute atomic E-state index is 0.490. The Balaban J connectivity index is 1.81. The van der Waals surface area contributed by atoms with Gasteiger partial charge in [-0.2, -0.15) is 0 Å². The van der Waals surface area contributed by atoms with Crippen LogP contribution in [0.3, 0.4) is 0 Å². The zero-order chi connectivity index (χ0) is 8.13. The van der Waals surface area contributed by atoms with Crippen molar-refractivity contribution in [3.05, 3.63) is 0 Å². The van der Waals surface area contributed by atoms with E-state index in [-0.39, 0.29) is 0 Å². The third-order valence-electron chi connectivity index (χ3n) is 3.77. The van der Waals surface area contributed by atoms with Gasteiger partial charge in [0.05, 0.1) is 6.54 Å². The highest BCUT2D eigenvalue weighted by molar-refractivity contribution is 5.86. The van der Waals surface area contributed by atoms with Crippen LogP contribution in [0.4, 0.5) is 0 Å². The predicted molar refractivity (Wildman–Crippen MR) is 45.8 cm³/mol. The Morgan fingerprint density at radius 1 is 1.33 bits per heavy atom. The fourth-order valence-electron chi connectivity index (χ4n) is 3.03. The summed E-state index contributed by atoms with van der Waals surface area (Å²) in [5.41, 5.74) is 0. The first-order chi connectivity index (χ1) is 5.86. The van der Waals surface area contributed by atoms with E-state index in [9.17, 15) is 4.79 Å². The fraction of sp³-hybridized carbons (Fsp3) is 0.900. The van der Waals surface area contributed by atoms with Crippen LogP contribution in [-0.2, 0) is 4.79 Å². The van der Waals surface area contributed by atoms with E-state index >= 15 is 0 Å². The maximum Gasteiger partial charge on any atom is 0.150 e. The molecule has 0 aromatic rings. The fourth-order valence-corrected chi connectivity index (χ4v) is 3.03. The van der Waals surface area contributed by atoms with Crippen molar-refractivity contribution in [2.75, 3.05) is 13.1 Å². The summed E-state index contributed by atoms with van der Waals surface area (Å²) in [7, 11) is 0. The number of hydrogen-bond donors (Lipinski definition) is 0. The van der Waals surface area contributed by atoms with Crippen molar-refractivity contribution < 1.29 is 4.79 Å². The molecule has 0 aromatic heterocycles. The van der Waals surface area contributed by atoms with Crippen LogP contribution in [0, 0.1) is 11.8 Å². The van der Waals surface area contributed by atoms with E-state index in [1.807, 2.05) is 0 Å². The number of fused-ring (bicyclic) bond motifs is 3. The van der Waals surface area contributed by atoms with Gasteiger partial charge in [-0.25, -0.2) is 0 Å². The van der Waals surface area contributed by atoms with E-state index in [0.29, 0.717) is 11.7 Å². The van der Waals surface area contributed by atoms with Gasteiger partial charge in [0.15, 0.2) is 0 Å². The average Bonchev–Trinajstić information content (AvgIpc) is 2.84. The molecule has 12 heavy (non-hydrogen) atoms. The van der Waals surface area contributed by atoms with Crippen LogP contribution in [0.25, 0.3) is 0 Å². The molecule has 2 heteroatoms. The van der Waals surface area contributed by atoms with Crippen LogP contribution in [0.15, 0.2) is 0 Å². The van der Waals surface area contributed by atoms with Crippen LogP contribution < -0.4 is 0 Å². The lowest BCUT2D eigenvalue weighted by molar-refractivity contribution is -0.125. The Kier molecular flexibility index (Phi) is 1.37. The van der Waals surface area contributed by atoms with E-state index < -0.39 is 0 Å². The highest BCUT2D eigenvalue weighted by Gasteiger charge is 2.53. The molecule has 2 nitrogen and oxygen atoms in total. The molecule has 3 unspecified atom stereocenters. The van der Waals surface area contributed by atoms with Crippen molar-refractivity contribution in [3.63, 3.8) is 0 Å². The lowest BCUT2D eigenvalue weighted by atomic mass is 9.92. The normalized spacial score (nSPS) is 46.7. The Morgan fingerprint density at radius 2 is 2.25 bits per heavy atom. The summed E-state index contributed by atoms with van der Waals surface area (Å²) < 4.78 is 0. The van der Waals surface area contributed by atoms with E-state index in [4.69, 9.17) is 0 Å². The number of nitrogens with zero attached hydrogens (tertiary/aromatic N) is 1. The third-order valence-corrected chi connectivity index (χ3v) is 3.77. The molecule has 0 aromatic carbocycles. The first kappa shape index (κ1) is 7.07. The summed E-state index contributed by atoms with van der Waals surface area (Å²) in [6.45, 7) is 1.95. The van der Waals surface area contributed by atoms with Crippen molar-refractivity contribution in [1.82, 2.24) is 4.90 Å². The monoisotopic (exact) mass is 165 g/mol. The van der Waals surface area contributed by atoms with E-state index in [1.54, 1.807) is 0 Å². The number of Topliss-reactive ketones (excluding diaryl/α,β-unsaturated/α-hetero) is 1. The summed E-state index contributed by atoms with van der Waals surface area (Å²) in [4.78, 5) is 13.9. The molecule has 2 aliphatic heterocycles. The molecular formula is C10H15NO. The number of carbonyl (C=O) groups is 1. The van der Waals surface area contributed by atoms with Gasteiger partial charge in [0.25, 0.3) is 0 Å². The summed E-state index contributed by atoms with van der Waals surface area (Å²) in [6.07, 6.45) is 5.26. The molecule has 3 atom stereocenters. The quantitative estimate of drug-likeness (QED) is 0.535. The van der Waals surface area contributed by atoms with Crippen molar-refractivity contribution >= 4 is 5.78 Å². The van der Waals surface area contributed by atoms with Crippen molar-refractivity contribution in [3.8, 4) is 0 Å². The Labute approximate surface area is 72.9 Å². The van der Waals surface area contributed by atoms with Gasteiger partial charge in [-0.05, 0) is 31.7 Å². The molecule has 2 saturated heterocycles. The summed E-state index contributed by atoms with van der Waals surface area (Å²) in [5, 5.41) is 0. The van der Waals surface area contributed by atoms with Gasteiger partial charge in [-0.3, -0.25) is 9.69 Å². The van der Waals surface area contributed by atoms with Crippen LogP contribution >= 0.6 is 0 Å². The third kappa shape index (κ3) is 0.875. The van der Waals surface area contributed by atoms with Crippen molar-refractivity contribution in [2.45, 2.75) is 31.7 Å². The lowest BCUT2D eigenvalue weighted by Crippen LogP contribution is -2.48. The zero-order valence-electron chi connectivity index (χ0n) is 7.33.